The summed E-state index contributed by atoms with van der Waals surface area (Å²) in [7, 11) is 0. The number of fused-ring (bicyclic) bond motifs is 3. The number of piperidine rings is 1. The molecule has 184 valence electrons. The summed E-state index contributed by atoms with van der Waals surface area (Å²) < 4.78 is 5.69. The van der Waals surface area contributed by atoms with Crippen LogP contribution < -0.4 is 5.32 Å². The average Bonchev–Trinajstić information content (AvgIpc) is 3.62. The maximum absolute atomic E-state index is 13.4. The first-order chi connectivity index (χ1) is 17.0. The Hall–Kier alpha value is -3.35. The summed E-state index contributed by atoms with van der Waals surface area (Å²) in [5, 5.41) is 12.1. The topological polar surface area (TPSA) is 95.9 Å². The number of rotatable bonds is 8. The highest BCUT2D eigenvalue weighted by molar-refractivity contribution is 5.86. The number of nitrogens with one attached hydrogen (secondary N) is 1. The molecule has 2 amide bonds. The number of nitrogens with zero attached hydrogens (tertiary/aromatic N) is 1. The van der Waals surface area contributed by atoms with Crippen molar-refractivity contribution < 1.29 is 24.2 Å². The number of hydrogen-bond donors (Lipinski definition) is 2. The van der Waals surface area contributed by atoms with Gasteiger partial charge in [0.25, 0.3) is 0 Å². The second-order valence-electron chi connectivity index (χ2n) is 9.98. The molecule has 2 aromatic carbocycles. The number of ether oxygens (including phenoxy) is 1. The molecule has 0 spiro atoms. The molecule has 0 aromatic heterocycles. The van der Waals surface area contributed by atoms with Crippen LogP contribution >= 0.6 is 0 Å². The fourth-order valence-corrected chi connectivity index (χ4v) is 5.60. The van der Waals surface area contributed by atoms with Crippen LogP contribution in [0.25, 0.3) is 11.1 Å². The van der Waals surface area contributed by atoms with Crippen molar-refractivity contribution in [3.8, 4) is 11.1 Å². The Kier molecular flexibility index (Phi) is 6.75. The number of carboxylic acids is 1. The van der Waals surface area contributed by atoms with E-state index in [4.69, 9.17) is 4.74 Å². The third-order valence-corrected chi connectivity index (χ3v) is 7.52. The molecular formula is C28H32N2O5. The molecule has 2 atom stereocenters. The fourth-order valence-electron chi connectivity index (χ4n) is 5.60. The zero-order valence-electron chi connectivity index (χ0n) is 19.8. The van der Waals surface area contributed by atoms with Gasteiger partial charge in [-0.2, -0.15) is 0 Å². The Bertz CT molecular complexity index is 1070. The minimum Gasteiger partial charge on any atom is -0.481 e. The number of likely N-dealkylation sites (tertiary alicyclic amines) is 1. The van der Waals surface area contributed by atoms with Crippen LogP contribution in [0.15, 0.2) is 48.5 Å². The molecule has 1 heterocycles. The molecule has 1 unspecified atom stereocenters. The molecule has 7 heteroatoms. The van der Waals surface area contributed by atoms with E-state index in [-0.39, 0.29) is 30.9 Å². The Morgan fingerprint density at radius 1 is 0.971 bits per heavy atom. The lowest BCUT2D eigenvalue weighted by atomic mass is 9.97. The van der Waals surface area contributed by atoms with Crippen LogP contribution in [0.1, 0.15) is 62.0 Å². The van der Waals surface area contributed by atoms with Gasteiger partial charge >= 0.3 is 12.1 Å². The van der Waals surface area contributed by atoms with E-state index in [9.17, 15) is 19.5 Å². The first-order valence-electron chi connectivity index (χ1n) is 12.6. The molecule has 35 heavy (non-hydrogen) atoms. The normalized spacial score (nSPS) is 20.0. The Balaban J connectivity index is 1.26. The van der Waals surface area contributed by atoms with E-state index in [0.29, 0.717) is 25.3 Å². The van der Waals surface area contributed by atoms with Crippen molar-refractivity contribution in [2.45, 2.75) is 62.9 Å². The summed E-state index contributed by atoms with van der Waals surface area (Å²) in [5.74, 6) is -0.720. The van der Waals surface area contributed by atoms with E-state index in [1.54, 1.807) is 4.90 Å². The minimum atomic E-state index is -0.905. The number of carbonyl (C=O) groups excluding carboxylic acids is 2. The summed E-state index contributed by atoms with van der Waals surface area (Å²) in [6, 6.07) is 15.3. The summed E-state index contributed by atoms with van der Waals surface area (Å²) in [5.41, 5.74) is 4.59. The number of carbonyl (C=O) groups is 3. The van der Waals surface area contributed by atoms with Gasteiger partial charge in [-0.05, 0) is 53.9 Å². The van der Waals surface area contributed by atoms with Gasteiger partial charge in [-0.25, -0.2) is 4.79 Å². The van der Waals surface area contributed by atoms with Crippen molar-refractivity contribution in [2.75, 3.05) is 13.2 Å². The standard InChI is InChI=1S/C28H32N2O5/c31-26(32)16-19-7-5-6-14-30(19)27(33)25(15-18-12-13-18)29-28(34)35-17-24-22-10-3-1-8-20(22)21-9-2-4-11-23(21)24/h1-4,8-11,18-19,24-25H,5-7,12-17H2,(H,29,34)(H,31,32)/t19-,25?/m0/s1. The summed E-state index contributed by atoms with van der Waals surface area (Å²) in [4.78, 5) is 39.3. The first kappa shape index (κ1) is 23.4. The van der Waals surface area contributed by atoms with Crippen molar-refractivity contribution in [1.29, 1.82) is 0 Å². The molecule has 2 N–H and O–H groups in total. The van der Waals surface area contributed by atoms with Gasteiger partial charge in [-0.1, -0.05) is 61.4 Å². The predicted molar refractivity (Wildman–Crippen MR) is 131 cm³/mol. The Morgan fingerprint density at radius 2 is 1.63 bits per heavy atom. The molecule has 7 nitrogen and oxygen atoms in total. The lowest BCUT2D eigenvalue weighted by molar-refractivity contribution is -0.143. The molecule has 5 rings (SSSR count). The number of alkyl carbamates (subject to hydrolysis) is 1. The van der Waals surface area contributed by atoms with E-state index in [1.165, 1.54) is 0 Å². The van der Waals surface area contributed by atoms with E-state index in [0.717, 1.165) is 47.9 Å². The molecule has 0 bridgehead atoms. The van der Waals surface area contributed by atoms with Gasteiger partial charge in [-0.3, -0.25) is 9.59 Å². The van der Waals surface area contributed by atoms with Crippen molar-refractivity contribution in [3.63, 3.8) is 0 Å². The quantitative estimate of drug-likeness (QED) is 0.583. The summed E-state index contributed by atoms with van der Waals surface area (Å²) >= 11 is 0. The smallest absolute Gasteiger partial charge is 0.407 e. The van der Waals surface area contributed by atoms with Gasteiger partial charge in [0.2, 0.25) is 5.91 Å². The zero-order valence-corrected chi connectivity index (χ0v) is 19.8. The van der Waals surface area contributed by atoms with Crippen LogP contribution in [-0.2, 0) is 14.3 Å². The van der Waals surface area contributed by atoms with E-state index >= 15 is 0 Å². The second kappa shape index (κ2) is 10.1. The lowest BCUT2D eigenvalue weighted by Crippen LogP contribution is -2.54. The van der Waals surface area contributed by atoms with Crippen LogP contribution in [0.2, 0.25) is 0 Å². The molecule has 0 radical (unpaired) electrons. The molecule has 1 aliphatic heterocycles. The molecule has 1 saturated carbocycles. The predicted octanol–water partition coefficient (Wildman–Crippen LogP) is 4.55. The highest BCUT2D eigenvalue weighted by Crippen LogP contribution is 2.44. The third-order valence-electron chi connectivity index (χ3n) is 7.52. The van der Waals surface area contributed by atoms with Gasteiger partial charge in [0.15, 0.2) is 0 Å². The first-order valence-corrected chi connectivity index (χ1v) is 12.6. The number of amides is 2. The number of hydrogen-bond acceptors (Lipinski definition) is 4. The van der Waals surface area contributed by atoms with Crippen molar-refractivity contribution in [3.05, 3.63) is 59.7 Å². The van der Waals surface area contributed by atoms with Crippen molar-refractivity contribution in [2.24, 2.45) is 5.92 Å². The molecular weight excluding hydrogens is 444 g/mol. The van der Waals surface area contributed by atoms with Gasteiger partial charge < -0.3 is 20.1 Å². The summed E-state index contributed by atoms with van der Waals surface area (Å²) in [6.07, 6.45) is 4.45. The molecule has 1 saturated heterocycles. The maximum atomic E-state index is 13.4. The van der Waals surface area contributed by atoms with Gasteiger partial charge in [0, 0.05) is 18.5 Å². The van der Waals surface area contributed by atoms with E-state index < -0.39 is 18.1 Å². The largest absolute Gasteiger partial charge is 0.481 e. The Morgan fingerprint density at radius 3 is 2.26 bits per heavy atom. The molecule has 2 aliphatic carbocycles. The molecule has 2 fully saturated rings. The highest BCUT2D eigenvalue weighted by Gasteiger charge is 2.37. The van der Waals surface area contributed by atoms with Gasteiger partial charge in [0.1, 0.15) is 12.6 Å². The summed E-state index contributed by atoms with van der Waals surface area (Å²) in [6.45, 7) is 0.722. The monoisotopic (exact) mass is 476 g/mol. The SMILES string of the molecule is O=C(O)C[C@@H]1CCCCN1C(=O)C(CC1CC1)NC(=O)OCC1c2ccccc2-c2ccccc21. The van der Waals surface area contributed by atoms with Crippen molar-refractivity contribution >= 4 is 18.0 Å². The number of aliphatic carboxylic acids is 1. The van der Waals surface area contributed by atoms with Crippen LogP contribution in [0.3, 0.4) is 0 Å². The van der Waals surface area contributed by atoms with Crippen molar-refractivity contribution in [1.82, 2.24) is 10.2 Å². The van der Waals surface area contributed by atoms with Gasteiger partial charge in [-0.15, -0.1) is 0 Å². The lowest BCUT2D eigenvalue weighted by Gasteiger charge is -2.37. The average molecular weight is 477 g/mol. The van der Waals surface area contributed by atoms with Crippen LogP contribution in [0.4, 0.5) is 4.79 Å². The number of carboxylic acid groups (broad SMARTS) is 1. The zero-order chi connectivity index (χ0) is 24.4. The van der Waals surface area contributed by atoms with Crippen LogP contribution in [0.5, 0.6) is 0 Å². The fraction of sp³-hybridized carbons (Fsp3) is 0.464. The maximum Gasteiger partial charge on any atom is 0.407 e. The highest BCUT2D eigenvalue weighted by atomic mass is 16.5. The van der Waals surface area contributed by atoms with E-state index in [1.807, 2.05) is 24.3 Å². The third kappa shape index (κ3) is 5.19. The second-order valence-corrected chi connectivity index (χ2v) is 9.98. The number of benzene rings is 2. The minimum absolute atomic E-state index is 0.0484. The van der Waals surface area contributed by atoms with E-state index in [2.05, 4.69) is 29.6 Å². The van der Waals surface area contributed by atoms with Gasteiger partial charge in [0.05, 0.1) is 6.42 Å². The Labute approximate surface area is 205 Å². The van der Waals surface area contributed by atoms with Crippen LogP contribution in [-0.4, -0.2) is 53.2 Å². The van der Waals surface area contributed by atoms with Crippen LogP contribution in [0, 0.1) is 5.92 Å². The molecule has 2 aromatic rings. The molecule has 3 aliphatic rings.